The second-order valence-corrected chi connectivity index (χ2v) is 3.27. The molecule has 0 saturated heterocycles. The summed E-state index contributed by atoms with van der Waals surface area (Å²) in [6.07, 6.45) is 1.95. The van der Waals surface area contributed by atoms with Crippen LogP contribution in [0, 0.1) is 0 Å². The zero-order chi connectivity index (χ0) is 9.68. The van der Waals surface area contributed by atoms with E-state index in [0.717, 1.165) is 23.4 Å². The molecule has 0 fully saturated rings. The van der Waals surface area contributed by atoms with Gasteiger partial charge in [0.05, 0.1) is 5.69 Å². The second-order valence-electron chi connectivity index (χ2n) is 2.52. The molecule has 6 heteroatoms. The quantitative estimate of drug-likeness (QED) is 0.318. The van der Waals surface area contributed by atoms with Crippen molar-refractivity contribution in [1.82, 2.24) is 15.0 Å². The van der Waals surface area contributed by atoms with Crippen molar-refractivity contribution in [3.05, 3.63) is 10.6 Å². The number of aryl methyl sites for hydroxylation is 1. The predicted molar refractivity (Wildman–Crippen MR) is 53.7 cm³/mol. The fourth-order valence-corrected chi connectivity index (χ4v) is 1.73. The Morgan fingerprint density at radius 1 is 1.69 bits per heavy atom. The molecule has 0 saturated carbocycles. The zero-order valence-corrected chi connectivity index (χ0v) is 8.56. The topological polar surface area (TPSA) is 76.2 Å². The largest absolute Gasteiger partial charge is 0.307 e. The Morgan fingerprint density at radius 3 is 3.00 bits per heavy atom. The van der Waals surface area contributed by atoms with Crippen molar-refractivity contribution in [3.8, 4) is 0 Å². The van der Waals surface area contributed by atoms with Gasteiger partial charge in [0.15, 0.2) is 5.84 Å². The number of nitrogens with one attached hydrogen (secondary N) is 1. The fraction of sp³-hybridized carbons (Fsp3) is 0.571. The van der Waals surface area contributed by atoms with Crippen LogP contribution in [0.5, 0.6) is 0 Å². The predicted octanol–water partition coefficient (Wildman–Crippen LogP) is 0.330. The maximum atomic E-state index is 5.31. The Balaban J connectivity index is 2.92. The van der Waals surface area contributed by atoms with Crippen LogP contribution in [0.1, 0.15) is 23.9 Å². The molecule has 1 aromatic heterocycles. The molecule has 5 nitrogen and oxygen atoms in total. The van der Waals surface area contributed by atoms with Crippen molar-refractivity contribution in [2.24, 2.45) is 10.8 Å². The van der Waals surface area contributed by atoms with E-state index in [1.165, 1.54) is 11.5 Å². The molecule has 3 N–H and O–H groups in total. The molecule has 0 aromatic carbocycles. The van der Waals surface area contributed by atoms with E-state index in [0.29, 0.717) is 5.84 Å². The summed E-state index contributed by atoms with van der Waals surface area (Å²) in [4.78, 5) is 4.94. The van der Waals surface area contributed by atoms with E-state index in [1.54, 1.807) is 7.05 Å². The number of hydrogen-bond donors (Lipinski definition) is 2. The van der Waals surface area contributed by atoms with Crippen LogP contribution in [0.25, 0.3) is 0 Å². The summed E-state index contributed by atoms with van der Waals surface area (Å²) >= 11 is 1.31. The fourth-order valence-electron chi connectivity index (χ4n) is 1.02. The van der Waals surface area contributed by atoms with Crippen LogP contribution in [-0.4, -0.2) is 22.5 Å². The minimum absolute atomic E-state index is 0.651. The normalized spacial score (nSPS) is 11.8. The molecular formula is C7H13N5S. The summed E-state index contributed by atoms with van der Waals surface area (Å²) < 4.78 is 3.87. The van der Waals surface area contributed by atoms with Gasteiger partial charge in [-0.15, -0.1) is 5.10 Å². The van der Waals surface area contributed by atoms with E-state index in [-0.39, 0.29) is 0 Å². The lowest BCUT2D eigenvalue weighted by Gasteiger charge is -2.01. The molecule has 1 heterocycles. The van der Waals surface area contributed by atoms with Crippen molar-refractivity contribution < 1.29 is 0 Å². The van der Waals surface area contributed by atoms with Crippen molar-refractivity contribution in [1.29, 1.82) is 0 Å². The van der Waals surface area contributed by atoms with Gasteiger partial charge in [-0.1, -0.05) is 17.8 Å². The SMILES string of the molecule is CCCc1nnsc1C(=NC)NN. The summed E-state index contributed by atoms with van der Waals surface area (Å²) in [7, 11) is 1.69. The number of amidine groups is 1. The van der Waals surface area contributed by atoms with Crippen LogP contribution in [0.2, 0.25) is 0 Å². The highest BCUT2D eigenvalue weighted by atomic mass is 32.1. The Bertz CT molecular complexity index is 293. The van der Waals surface area contributed by atoms with Crippen LogP contribution in [-0.2, 0) is 6.42 Å². The molecule has 0 radical (unpaired) electrons. The molecule has 0 atom stereocenters. The molecule has 0 amide bonds. The first-order valence-electron chi connectivity index (χ1n) is 4.08. The highest BCUT2D eigenvalue weighted by Gasteiger charge is 2.11. The van der Waals surface area contributed by atoms with E-state index < -0.39 is 0 Å². The van der Waals surface area contributed by atoms with Gasteiger partial charge in [-0.05, 0) is 18.0 Å². The molecule has 0 aliphatic carbocycles. The molecule has 72 valence electrons. The van der Waals surface area contributed by atoms with Gasteiger partial charge in [0.2, 0.25) is 0 Å². The summed E-state index contributed by atoms with van der Waals surface area (Å²) in [5.41, 5.74) is 3.50. The Morgan fingerprint density at radius 2 is 2.46 bits per heavy atom. The first-order chi connectivity index (χ1) is 6.33. The van der Waals surface area contributed by atoms with Crippen molar-refractivity contribution >= 4 is 17.4 Å². The number of nitrogens with two attached hydrogens (primary N) is 1. The number of nitrogens with zero attached hydrogens (tertiary/aromatic N) is 3. The summed E-state index contributed by atoms with van der Waals surface area (Å²) in [6.45, 7) is 2.10. The van der Waals surface area contributed by atoms with Gasteiger partial charge in [0.25, 0.3) is 0 Å². The lowest BCUT2D eigenvalue weighted by molar-refractivity contribution is 0.865. The van der Waals surface area contributed by atoms with Gasteiger partial charge < -0.3 is 5.43 Å². The summed E-state index contributed by atoms with van der Waals surface area (Å²) in [6, 6.07) is 0. The number of hydrogen-bond acceptors (Lipinski definition) is 5. The number of rotatable bonds is 3. The highest BCUT2D eigenvalue weighted by molar-refractivity contribution is 7.08. The number of hydrazine groups is 1. The van der Waals surface area contributed by atoms with Crippen LogP contribution < -0.4 is 11.3 Å². The maximum absolute atomic E-state index is 5.31. The van der Waals surface area contributed by atoms with Crippen LogP contribution in [0.4, 0.5) is 0 Å². The monoisotopic (exact) mass is 199 g/mol. The molecule has 1 rings (SSSR count). The van der Waals surface area contributed by atoms with Gasteiger partial charge in [0.1, 0.15) is 4.88 Å². The molecule has 0 aliphatic heterocycles. The highest BCUT2D eigenvalue weighted by Crippen LogP contribution is 2.12. The lowest BCUT2D eigenvalue weighted by atomic mass is 10.2. The number of aromatic nitrogens is 2. The van der Waals surface area contributed by atoms with E-state index in [4.69, 9.17) is 5.84 Å². The zero-order valence-electron chi connectivity index (χ0n) is 7.74. The lowest BCUT2D eigenvalue weighted by Crippen LogP contribution is -2.31. The van der Waals surface area contributed by atoms with Crippen molar-refractivity contribution in [2.45, 2.75) is 19.8 Å². The first-order valence-corrected chi connectivity index (χ1v) is 4.85. The number of aliphatic imine (C=N–C) groups is 1. The van der Waals surface area contributed by atoms with E-state index in [9.17, 15) is 0 Å². The Hall–Kier alpha value is -1.01. The Labute approximate surface area is 81.2 Å². The summed E-state index contributed by atoms with van der Waals surface area (Å²) in [5.74, 6) is 5.96. The maximum Gasteiger partial charge on any atom is 0.156 e. The van der Waals surface area contributed by atoms with Gasteiger partial charge in [0, 0.05) is 7.05 Å². The standard InChI is InChI=1S/C7H13N5S/c1-3-4-5-6(13-12-11-5)7(9-2)10-8/h3-4,8H2,1-2H3,(H,9,10). The Kier molecular flexibility index (Phi) is 3.78. The minimum Gasteiger partial charge on any atom is -0.307 e. The smallest absolute Gasteiger partial charge is 0.156 e. The third kappa shape index (κ3) is 2.22. The minimum atomic E-state index is 0.651. The van der Waals surface area contributed by atoms with E-state index >= 15 is 0 Å². The first kappa shape index (κ1) is 10.1. The summed E-state index contributed by atoms with van der Waals surface area (Å²) in [5, 5.41) is 4.01. The molecule has 0 aliphatic rings. The van der Waals surface area contributed by atoms with Crippen molar-refractivity contribution in [2.75, 3.05) is 7.05 Å². The third-order valence-electron chi connectivity index (χ3n) is 1.62. The molecule has 0 unspecified atom stereocenters. The average molecular weight is 199 g/mol. The van der Waals surface area contributed by atoms with Crippen molar-refractivity contribution in [3.63, 3.8) is 0 Å². The molecule has 0 bridgehead atoms. The third-order valence-corrected chi connectivity index (χ3v) is 2.39. The van der Waals surface area contributed by atoms with Crippen LogP contribution in [0.15, 0.2) is 4.99 Å². The molecule has 1 aromatic rings. The average Bonchev–Trinajstić information content (AvgIpc) is 2.57. The van der Waals surface area contributed by atoms with Crippen LogP contribution >= 0.6 is 11.5 Å². The molecule has 13 heavy (non-hydrogen) atoms. The van der Waals surface area contributed by atoms with Gasteiger partial charge in [-0.3, -0.25) is 4.99 Å². The van der Waals surface area contributed by atoms with Gasteiger partial charge in [-0.25, -0.2) is 5.84 Å². The van der Waals surface area contributed by atoms with E-state index in [1.807, 2.05) is 0 Å². The van der Waals surface area contributed by atoms with Gasteiger partial charge >= 0.3 is 0 Å². The second kappa shape index (κ2) is 4.88. The van der Waals surface area contributed by atoms with Gasteiger partial charge in [-0.2, -0.15) is 0 Å². The van der Waals surface area contributed by atoms with Crippen LogP contribution in [0.3, 0.4) is 0 Å². The van der Waals surface area contributed by atoms with E-state index in [2.05, 4.69) is 26.9 Å². The molecule has 0 spiro atoms. The molecular weight excluding hydrogens is 186 g/mol.